The van der Waals surface area contributed by atoms with Gasteiger partial charge in [-0.1, -0.05) is 19.3 Å². The number of nitrogens with one attached hydrogen (secondary N) is 1. The lowest BCUT2D eigenvalue weighted by Crippen LogP contribution is -2.48. The molecule has 1 amide bonds. The third-order valence-corrected chi connectivity index (χ3v) is 3.48. The van der Waals surface area contributed by atoms with Crippen molar-refractivity contribution >= 4 is 5.91 Å². The number of amides is 1. The maximum Gasteiger partial charge on any atom is 0.235 e. The van der Waals surface area contributed by atoms with E-state index in [0.29, 0.717) is 13.1 Å². The molecule has 1 fully saturated rings. The van der Waals surface area contributed by atoms with Gasteiger partial charge in [-0.25, -0.2) is 0 Å². The number of aliphatic hydroxyl groups is 1. The molecule has 0 bridgehead atoms. The summed E-state index contributed by atoms with van der Waals surface area (Å²) in [5, 5.41) is 12.6. The van der Waals surface area contributed by atoms with Gasteiger partial charge >= 0.3 is 0 Å². The van der Waals surface area contributed by atoms with Gasteiger partial charge in [-0.3, -0.25) is 4.79 Å². The minimum atomic E-state index is -0.640. The molecular weight excluding hydrogens is 206 g/mol. The maximum absolute atomic E-state index is 10.7. The predicted octanol–water partition coefficient (Wildman–Crippen LogP) is -0.669. The molecule has 5 nitrogen and oxygen atoms in total. The number of carbonyl (C=O) groups excluding carboxylic acids is 1. The van der Waals surface area contributed by atoms with E-state index in [1.807, 2.05) is 0 Å². The minimum Gasteiger partial charge on any atom is -0.396 e. The Morgan fingerprint density at radius 2 is 2.00 bits per heavy atom. The third kappa shape index (κ3) is 3.73. The van der Waals surface area contributed by atoms with E-state index in [1.54, 1.807) is 0 Å². The molecule has 0 spiro atoms. The van der Waals surface area contributed by atoms with Gasteiger partial charge < -0.3 is 21.9 Å². The molecule has 0 saturated heterocycles. The van der Waals surface area contributed by atoms with Gasteiger partial charge in [0, 0.05) is 25.1 Å². The van der Waals surface area contributed by atoms with Crippen molar-refractivity contribution in [3.05, 3.63) is 0 Å². The van der Waals surface area contributed by atoms with Crippen LogP contribution in [0.2, 0.25) is 0 Å². The average Bonchev–Trinajstić information content (AvgIpc) is 2.30. The van der Waals surface area contributed by atoms with Gasteiger partial charge in [0.15, 0.2) is 0 Å². The van der Waals surface area contributed by atoms with Crippen LogP contribution in [0.1, 0.15) is 32.1 Å². The molecule has 1 aliphatic rings. The van der Waals surface area contributed by atoms with Crippen LogP contribution in [-0.2, 0) is 4.79 Å². The van der Waals surface area contributed by atoms with E-state index in [4.69, 9.17) is 11.5 Å². The van der Waals surface area contributed by atoms with Gasteiger partial charge in [0.05, 0.1) is 6.04 Å². The molecule has 0 aromatic carbocycles. The lowest BCUT2D eigenvalue weighted by Gasteiger charge is -2.36. The van der Waals surface area contributed by atoms with Gasteiger partial charge in [-0.2, -0.15) is 0 Å². The number of nitrogens with two attached hydrogens (primary N) is 2. The predicted molar refractivity (Wildman–Crippen MR) is 62.6 cm³/mol. The Morgan fingerprint density at radius 3 is 2.50 bits per heavy atom. The van der Waals surface area contributed by atoms with Crippen molar-refractivity contribution in [1.82, 2.24) is 5.32 Å². The van der Waals surface area contributed by atoms with Gasteiger partial charge in [0.1, 0.15) is 0 Å². The lowest BCUT2D eigenvalue weighted by molar-refractivity contribution is -0.119. The molecule has 1 rings (SSSR count). The van der Waals surface area contributed by atoms with Crippen molar-refractivity contribution in [2.45, 2.75) is 38.1 Å². The van der Waals surface area contributed by atoms with Crippen LogP contribution < -0.4 is 16.8 Å². The Balaban J connectivity index is 2.31. The summed E-state index contributed by atoms with van der Waals surface area (Å²) >= 11 is 0. The van der Waals surface area contributed by atoms with Crippen LogP contribution in [0.25, 0.3) is 0 Å². The highest BCUT2D eigenvalue weighted by molar-refractivity contribution is 5.79. The second kappa shape index (κ2) is 6.18. The van der Waals surface area contributed by atoms with Crippen molar-refractivity contribution in [2.24, 2.45) is 16.9 Å². The van der Waals surface area contributed by atoms with E-state index >= 15 is 0 Å². The van der Waals surface area contributed by atoms with Crippen LogP contribution in [0.4, 0.5) is 0 Å². The Morgan fingerprint density at radius 1 is 1.38 bits per heavy atom. The lowest BCUT2D eigenvalue weighted by atomic mass is 9.74. The average molecular weight is 229 g/mol. The molecule has 16 heavy (non-hydrogen) atoms. The largest absolute Gasteiger partial charge is 0.396 e. The summed E-state index contributed by atoms with van der Waals surface area (Å²) in [6, 6.07) is -0.640. The summed E-state index contributed by atoms with van der Waals surface area (Å²) in [6.45, 7) is 1.30. The number of hydrogen-bond acceptors (Lipinski definition) is 4. The van der Waals surface area contributed by atoms with Crippen LogP contribution in [0.5, 0.6) is 0 Å². The third-order valence-electron chi connectivity index (χ3n) is 3.48. The zero-order valence-electron chi connectivity index (χ0n) is 9.74. The van der Waals surface area contributed by atoms with Crippen LogP contribution in [-0.4, -0.2) is 36.8 Å². The molecular formula is C11H23N3O2. The highest BCUT2D eigenvalue weighted by Gasteiger charge is 2.31. The summed E-state index contributed by atoms with van der Waals surface area (Å²) in [5.41, 5.74) is 10.6. The zero-order valence-corrected chi connectivity index (χ0v) is 9.74. The normalized spacial score (nSPS) is 21.6. The fraction of sp³-hybridized carbons (Fsp3) is 0.909. The van der Waals surface area contributed by atoms with Gasteiger partial charge in [0.25, 0.3) is 0 Å². The molecule has 6 N–H and O–H groups in total. The monoisotopic (exact) mass is 229 g/mol. The minimum absolute atomic E-state index is 0.0182. The SMILES string of the molecule is NC(=O)C(N)CNCC1(CO)CCCCC1. The molecule has 0 aliphatic heterocycles. The number of carbonyl (C=O) groups is 1. The van der Waals surface area contributed by atoms with Gasteiger partial charge in [-0.15, -0.1) is 0 Å². The molecule has 1 unspecified atom stereocenters. The van der Waals surface area contributed by atoms with Gasteiger partial charge in [0.2, 0.25) is 5.91 Å². The van der Waals surface area contributed by atoms with E-state index in [-0.39, 0.29) is 12.0 Å². The first-order chi connectivity index (χ1) is 7.59. The molecule has 0 radical (unpaired) electrons. The molecule has 1 aliphatic carbocycles. The van der Waals surface area contributed by atoms with E-state index in [1.165, 1.54) is 19.3 Å². The van der Waals surface area contributed by atoms with Crippen LogP contribution in [0.3, 0.4) is 0 Å². The highest BCUT2D eigenvalue weighted by atomic mass is 16.3. The van der Waals surface area contributed by atoms with Crippen molar-refractivity contribution in [3.8, 4) is 0 Å². The van der Waals surface area contributed by atoms with E-state index in [2.05, 4.69) is 5.32 Å². The standard InChI is InChI=1S/C11H23N3O2/c12-9(10(13)16)6-14-7-11(8-15)4-2-1-3-5-11/h9,14-15H,1-8,12H2,(H2,13,16). The van der Waals surface area contributed by atoms with E-state index in [0.717, 1.165) is 12.8 Å². The first-order valence-corrected chi connectivity index (χ1v) is 5.96. The Labute approximate surface area is 96.6 Å². The molecule has 94 valence electrons. The van der Waals surface area contributed by atoms with Crippen molar-refractivity contribution in [2.75, 3.05) is 19.7 Å². The molecule has 1 atom stereocenters. The van der Waals surface area contributed by atoms with Crippen molar-refractivity contribution in [1.29, 1.82) is 0 Å². The number of primary amides is 1. The maximum atomic E-state index is 10.7. The first kappa shape index (κ1) is 13.4. The molecule has 1 saturated carbocycles. The summed E-state index contributed by atoms with van der Waals surface area (Å²) < 4.78 is 0. The highest BCUT2D eigenvalue weighted by Crippen LogP contribution is 2.35. The molecule has 0 aromatic rings. The van der Waals surface area contributed by atoms with Crippen LogP contribution in [0.15, 0.2) is 0 Å². The quantitative estimate of drug-likeness (QED) is 0.485. The Bertz CT molecular complexity index is 227. The van der Waals surface area contributed by atoms with Crippen molar-refractivity contribution < 1.29 is 9.90 Å². The van der Waals surface area contributed by atoms with Crippen molar-refractivity contribution in [3.63, 3.8) is 0 Å². The molecule has 0 aromatic heterocycles. The first-order valence-electron chi connectivity index (χ1n) is 5.96. The smallest absolute Gasteiger partial charge is 0.235 e. The van der Waals surface area contributed by atoms with Gasteiger partial charge in [-0.05, 0) is 12.8 Å². The van der Waals surface area contributed by atoms with E-state index < -0.39 is 11.9 Å². The zero-order chi connectivity index (χ0) is 12.0. The second-order valence-corrected chi connectivity index (χ2v) is 4.86. The fourth-order valence-electron chi connectivity index (χ4n) is 2.29. The van der Waals surface area contributed by atoms with Crippen LogP contribution in [0, 0.1) is 5.41 Å². The van der Waals surface area contributed by atoms with E-state index in [9.17, 15) is 9.90 Å². The number of aliphatic hydroxyl groups excluding tert-OH is 1. The summed E-state index contributed by atoms with van der Waals surface area (Å²) in [7, 11) is 0. The molecule has 0 heterocycles. The number of rotatable bonds is 6. The Kier molecular flexibility index (Phi) is 5.18. The summed E-state index contributed by atoms with van der Waals surface area (Å²) in [5.74, 6) is -0.491. The topological polar surface area (TPSA) is 101 Å². The Hall–Kier alpha value is -0.650. The summed E-state index contributed by atoms with van der Waals surface area (Å²) in [4.78, 5) is 10.7. The van der Waals surface area contributed by atoms with Crippen LogP contribution >= 0.6 is 0 Å². The second-order valence-electron chi connectivity index (χ2n) is 4.86. The number of hydrogen-bond donors (Lipinski definition) is 4. The fourth-order valence-corrected chi connectivity index (χ4v) is 2.29. The summed E-state index contributed by atoms with van der Waals surface area (Å²) in [6.07, 6.45) is 5.68. The molecule has 5 heteroatoms.